The molecule has 0 aliphatic rings. The van der Waals surface area contributed by atoms with Gasteiger partial charge in [0.05, 0.1) is 18.5 Å². The van der Waals surface area contributed by atoms with Crippen LogP contribution < -0.4 is 5.73 Å². The summed E-state index contributed by atoms with van der Waals surface area (Å²) in [5.74, 6) is 1.24. The van der Waals surface area contributed by atoms with Crippen molar-refractivity contribution in [3.05, 3.63) is 0 Å². The van der Waals surface area contributed by atoms with E-state index in [9.17, 15) is 9.90 Å². The lowest BCUT2D eigenvalue weighted by molar-refractivity contribution is -0.140. The van der Waals surface area contributed by atoms with Gasteiger partial charge in [0.2, 0.25) is 6.41 Å². The van der Waals surface area contributed by atoms with Crippen LogP contribution in [0.25, 0.3) is 0 Å². The number of aliphatic hydroxyl groups is 1. The molecule has 2 unspecified atom stereocenters. The van der Waals surface area contributed by atoms with Crippen LogP contribution in [0.5, 0.6) is 0 Å². The van der Waals surface area contributed by atoms with E-state index in [0.29, 0.717) is 18.8 Å². The third-order valence-electron chi connectivity index (χ3n) is 2.79. The van der Waals surface area contributed by atoms with Gasteiger partial charge in [0.15, 0.2) is 0 Å². The number of nitrogens with zero attached hydrogens (tertiary/aromatic N) is 2. The van der Waals surface area contributed by atoms with Crippen LogP contribution in [0.3, 0.4) is 0 Å². The number of aliphatic hydroxyl groups excluding tert-OH is 1. The molecule has 112 valence electrons. The van der Waals surface area contributed by atoms with Crippen LogP contribution >= 0.6 is 12.6 Å². The van der Waals surface area contributed by atoms with E-state index < -0.39 is 6.23 Å². The molecule has 0 rings (SSSR count). The number of carbonyl (C=O) groups excluding carboxylic acids is 1. The van der Waals surface area contributed by atoms with Gasteiger partial charge in [-0.05, 0) is 25.5 Å². The molecule has 0 spiro atoms. The summed E-state index contributed by atoms with van der Waals surface area (Å²) in [7, 11) is 1.61. The number of amides is 1. The molecule has 6 nitrogen and oxygen atoms in total. The van der Waals surface area contributed by atoms with Gasteiger partial charge in [0.1, 0.15) is 6.23 Å². The molecule has 0 aromatic carbocycles. The molecular weight excluding hydrogens is 266 g/mol. The van der Waals surface area contributed by atoms with E-state index in [1.165, 1.54) is 4.90 Å². The second-order valence-electron chi connectivity index (χ2n) is 4.21. The van der Waals surface area contributed by atoms with Crippen molar-refractivity contribution in [1.29, 1.82) is 0 Å². The number of ether oxygens (including phenoxy) is 1. The molecule has 19 heavy (non-hydrogen) atoms. The fourth-order valence-corrected chi connectivity index (χ4v) is 1.74. The minimum Gasteiger partial charge on any atom is -0.394 e. The SMILES string of the molecule is CN=C(N)CCN(C=O)C(C)OC(CO)CCCS. The first-order valence-electron chi connectivity index (χ1n) is 6.38. The Morgan fingerprint density at radius 3 is 2.79 bits per heavy atom. The molecule has 0 saturated carbocycles. The number of thiol groups is 1. The maximum absolute atomic E-state index is 11.0. The Bertz CT molecular complexity index is 277. The molecular formula is C12H25N3O3S. The normalized spacial score (nSPS) is 15.1. The van der Waals surface area contributed by atoms with Crippen molar-refractivity contribution in [2.75, 3.05) is 26.0 Å². The molecule has 0 saturated heterocycles. The van der Waals surface area contributed by atoms with E-state index >= 15 is 0 Å². The summed E-state index contributed by atoms with van der Waals surface area (Å²) >= 11 is 4.12. The van der Waals surface area contributed by atoms with E-state index in [1.807, 2.05) is 0 Å². The molecule has 7 heteroatoms. The van der Waals surface area contributed by atoms with E-state index in [2.05, 4.69) is 17.6 Å². The lowest BCUT2D eigenvalue weighted by atomic mass is 10.2. The third kappa shape index (κ3) is 8.07. The topological polar surface area (TPSA) is 88.2 Å². The van der Waals surface area contributed by atoms with Crippen LogP contribution in [0.4, 0.5) is 0 Å². The van der Waals surface area contributed by atoms with E-state index in [-0.39, 0.29) is 12.7 Å². The van der Waals surface area contributed by atoms with Gasteiger partial charge in [-0.25, -0.2) is 0 Å². The van der Waals surface area contributed by atoms with Crippen molar-refractivity contribution in [2.24, 2.45) is 10.7 Å². The van der Waals surface area contributed by atoms with Gasteiger partial charge in [-0.2, -0.15) is 12.6 Å². The summed E-state index contributed by atoms with van der Waals surface area (Å²) < 4.78 is 5.65. The molecule has 0 bridgehead atoms. The average molecular weight is 291 g/mol. The fourth-order valence-electron chi connectivity index (χ4n) is 1.55. The quantitative estimate of drug-likeness (QED) is 0.167. The van der Waals surface area contributed by atoms with Crippen molar-refractivity contribution in [2.45, 2.75) is 38.5 Å². The second-order valence-corrected chi connectivity index (χ2v) is 4.66. The number of hydrogen-bond acceptors (Lipinski definition) is 5. The average Bonchev–Trinajstić information content (AvgIpc) is 2.43. The Labute approximate surface area is 120 Å². The van der Waals surface area contributed by atoms with Crippen molar-refractivity contribution in [3.8, 4) is 0 Å². The number of carbonyl (C=O) groups is 1. The largest absolute Gasteiger partial charge is 0.394 e. The smallest absolute Gasteiger partial charge is 0.211 e. The Morgan fingerprint density at radius 1 is 1.63 bits per heavy atom. The zero-order valence-electron chi connectivity index (χ0n) is 11.7. The van der Waals surface area contributed by atoms with Crippen LogP contribution in [0.1, 0.15) is 26.2 Å². The number of hydrogen-bond donors (Lipinski definition) is 3. The Hall–Kier alpha value is -0.790. The summed E-state index contributed by atoms with van der Waals surface area (Å²) in [5.41, 5.74) is 5.59. The van der Waals surface area contributed by atoms with Crippen LogP contribution in [-0.2, 0) is 9.53 Å². The van der Waals surface area contributed by atoms with Crippen LogP contribution in [0, 0.1) is 0 Å². The van der Waals surface area contributed by atoms with Gasteiger partial charge in [0.25, 0.3) is 0 Å². The highest BCUT2D eigenvalue weighted by atomic mass is 32.1. The van der Waals surface area contributed by atoms with E-state index in [4.69, 9.17) is 10.5 Å². The maximum atomic E-state index is 11.0. The first kappa shape index (κ1) is 18.2. The van der Waals surface area contributed by atoms with E-state index in [0.717, 1.165) is 25.0 Å². The lowest BCUT2D eigenvalue weighted by Gasteiger charge is -2.28. The third-order valence-corrected chi connectivity index (χ3v) is 3.11. The molecule has 3 N–H and O–H groups in total. The first-order chi connectivity index (χ1) is 9.08. The van der Waals surface area contributed by atoms with Crippen LogP contribution in [0.15, 0.2) is 4.99 Å². The lowest BCUT2D eigenvalue weighted by Crippen LogP contribution is -2.39. The van der Waals surface area contributed by atoms with Crippen molar-refractivity contribution in [3.63, 3.8) is 0 Å². The van der Waals surface area contributed by atoms with Gasteiger partial charge in [0, 0.05) is 20.0 Å². The van der Waals surface area contributed by atoms with Crippen LogP contribution in [0.2, 0.25) is 0 Å². The summed E-state index contributed by atoms with van der Waals surface area (Å²) in [6, 6.07) is 0. The monoisotopic (exact) mass is 291 g/mol. The zero-order chi connectivity index (χ0) is 14.7. The summed E-state index contributed by atoms with van der Waals surface area (Å²) in [4.78, 5) is 16.4. The highest BCUT2D eigenvalue weighted by Crippen LogP contribution is 2.09. The Balaban J connectivity index is 4.24. The summed E-state index contributed by atoms with van der Waals surface area (Å²) in [6.07, 6.45) is 2.12. The Kier molecular flexibility index (Phi) is 10.6. The fraction of sp³-hybridized carbons (Fsp3) is 0.833. The highest BCUT2D eigenvalue weighted by Gasteiger charge is 2.17. The van der Waals surface area contributed by atoms with Gasteiger partial charge >= 0.3 is 0 Å². The van der Waals surface area contributed by atoms with Gasteiger partial charge in [-0.15, -0.1) is 0 Å². The van der Waals surface area contributed by atoms with Gasteiger partial charge in [-0.1, -0.05) is 0 Å². The van der Waals surface area contributed by atoms with E-state index in [1.54, 1.807) is 14.0 Å². The molecule has 0 aliphatic carbocycles. The molecule has 0 aromatic heterocycles. The predicted molar refractivity (Wildman–Crippen MR) is 79.4 cm³/mol. The van der Waals surface area contributed by atoms with Crippen molar-refractivity contribution < 1.29 is 14.6 Å². The number of nitrogens with two attached hydrogens (primary N) is 1. The Morgan fingerprint density at radius 2 is 2.32 bits per heavy atom. The summed E-state index contributed by atoms with van der Waals surface area (Å²) in [6.45, 7) is 2.15. The van der Waals surface area contributed by atoms with Crippen molar-refractivity contribution in [1.82, 2.24) is 4.90 Å². The van der Waals surface area contributed by atoms with Gasteiger partial charge in [-0.3, -0.25) is 9.79 Å². The zero-order valence-corrected chi connectivity index (χ0v) is 12.6. The molecule has 0 aliphatic heterocycles. The molecule has 0 heterocycles. The van der Waals surface area contributed by atoms with Crippen LogP contribution in [-0.4, -0.2) is 60.5 Å². The minimum atomic E-state index is -0.403. The summed E-state index contributed by atoms with van der Waals surface area (Å²) in [5, 5.41) is 9.22. The maximum Gasteiger partial charge on any atom is 0.211 e. The molecule has 2 atom stereocenters. The standard InChI is InChI=1S/C12H25N3O3S/c1-10(18-11(8-16)4-3-7-19)15(9-17)6-5-12(13)14-2/h9-11,16,19H,3-8H2,1-2H3,(H2,13,14). The van der Waals surface area contributed by atoms with Gasteiger partial charge < -0.3 is 20.5 Å². The number of aliphatic imine (C=N–C) groups is 1. The second kappa shape index (κ2) is 11.1. The number of amidine groups is 1. The highest BCUT2D eigenvalue weighted by molar-refractivity contribution is 7.80. The first-order valence-corrected chi connectivity index (χ1v) is 7.01. The molecule has 0 aromatic rings. The molecule has 0 fully saturated rings. The molecule has 0 radical (unpaired) electrons. The number of rotatable bonds is 11. The molecule has 1 amide bonds. The minimum absolute atomic E-state index is 0.0661. The van der Waals surface area contributed by atoms with Crippen molar-refractivity contribution >= 4 is 24.9 Å². The predicted octanol–water partition coefficient (Wildman–Crippen LogP) is 0.255.